The first-order chi connectivity index (χ1) is 9.06. The lowest BCUT2D eigenvalue weighted by Gasteiger charge is -2.13. The lowest BCUT2D eigenvalue weighted by Crippen LogP contribution is -2.17. The van der Waals surface area contributed by atoms with Crippen LogP contribution in [0.25, 0.3) is 0 Å². The van der Waals surface area contributed by atoms with E-state index in [9.17, 15) is 10.1 Å². The lowest BCUT2D eigenvalue weighted by molar-refractivity contribution is -0.380. The number of nitrogens with zero attached hydrogens (tertiary/aromatic N) is 1. The summed E-state index contributed by atoms with van der Waals surface area (Å²) in [5.74, 6) is 0. The van der Waals surface area contributed by atoms with Crippen molar-refractivity contribution in [2.45, 2.75) is 19.5 Å². The van der Waals surface area contributed by atoms with E-state index in [0.29, 0.717) is 6.54 Å². The number of halogens is 1. The van der Waals surface area contributed by atoms with E-state index in [2.05, 4.69) is 40.3 Å². The predicted octanol–water partition coefficient (Wildman–Crippen LogP) is 4.27. The molecule has 0 aliphatic heterocycles. The van der Waals surface area contributed by atoms with Crippen molar-refractivity contribution in [3.05, 3.63) is 61.4 Å². The smallest absolute Gasteiger partial charge is 0.305 e. The van der Waals surface area contributed by atoms with Gasteiger partial charge in [-0.25, -0.2) is 0 Å². The highest BCUT2D eigenvalue weighted by atomic mass is 79.9. The van der Waals surface area contributed by atoms with Crippen molar-refractivity contribution in [2.24, 2.45) is 0 Å². The first kappa shape index (κ1) is 14.2. The van der Waals surface area contributed by atoms with E-state index in [1.807, 2.05) is 12.1 Å². The molecule has 19 heavy (non-hydrogen) atoms. The molecule has 1 aromatic carbocycles. The fourth-order valence-electron chi connectivity index (χ4n) is 1.68. The van der Waals surface area contributed by atoms with Crippen LogP contribution >= 0.6 is 27.3 Å². The average Bonchev–Trinajstić information content (AvgIpc) is 2.86. The van der Waals surface area contributed by atoms with Gasteiger partial charge in [0.15, 0.2) is 0 Å². The van der Waals surface area contributed by atoms with Gasteiger partial charge in [-0.2, -0.15) is 0 Å². The summed E-state index contributed by atoms with van der Waals surface area (Å²) in [6.07, 6.45) is 0. The third-order valence-electron chi connectivity index (χ3n) is 2.78. The molecule has 0 bridgehead atoms. The highest BCUT2D eigenvalue weighted by Crippen LogP contribution is 2.24. The SMILES string of the molecule is CC(NCc1ccc([N+](=O)[O-])s1)c1ccc(Br)cc1. The molecule has 1 atom stereocenters. The van der Waals surface area contributed by atoms with Gasteiger partial charge in [-0.05, 0) is 30.7 Å². The average molecular weight is 341 g/mol. The number of benzene rings is 1. The van der Waals surface area contributed by atoms with Gasteiger partial charge >= 0.3 is 5.00 Å². The van der Waals surface area contributed by atoms with Gasteiger partial charge in [-0.15, -0.1) is 0 Å². The van der Waals surface area contributed by atoms with Crippen molar-refractivity contribution in [1.82, 2.24) is 5.32 Å². The Kier molecular flexibility index (Phi) is 4.68. The van der Waals surface area contributed by atoms with Crippen LogP contribution in [0.4, 0.5) is 5.00 Å². The summed E-state index contributed by atoms with van der Waals surface area (Å²) in [5.41, 5.74) is 1.19. The van der Waals surface area contributed by atoms with Gasteiger partial charge in [0.1, 0.15) is 0 Å². The Morgan fingerprint density at radius 2 is 2.00 bits per heavy atom. The molecular formula is C13H13BrN2O2S. The topological polar surface area (TPSA) is 55.2 Å². The van der Waals surface area contributed by atoms with E-state index < -0.39 is 0 Å². The highest BCUT2D eigenvalue weighted by molar-refractivity contribution is 9.10. The zero-order valence-corrected chi connectivity index (χ0v) is 12.7. The van der Waals surface area contributed by atoms with E-state index in [1.54, 1.807) is 12.1 Å². The van der Waals surface area contributed by atoms with Crippen LogP contribution in [-0.2, 0) is 6.54 Å². The highest BCUT2D eigenvalue weighted by Gasteiger charge is 2.10. The molecule has 100 valence electrons. The Morgan fingerprint density at radius 1 is 1.32 bits per heavy atom. The standard InChI is InChI=1S/C13H13BrN2O2S/c1-9(10-2-4-11(14)5-3-10)15-8-12-6-7-13(19-12)16(17)18/h2-7,9,15H,8H2,1H3. The first-order valence-electron chi connectivity index (χ1n) is 5.78. The molecule has 0 saturated carbocycles. The van der Waals surface area contributed by atoms with Crippen molar-refractivity contribution in [3.63, 3.8) is 0 Å². The minimum Gasteiger partial charge on any atom is -0.305 e. The molecule has 0 saturated heterocycles. The van der Waals surface area contributed by atoms with E-state index in [4.69, 9.17) is 0 Å². The lowest BCUT2D eigenvalue weighted by atomic mass is 10.1. The quantitative estimate of drug-likeness (QED) is 0.653. The Labute approximate surface area is 123 Å². The Bertz CT molecular complexity index is 568. The second-order valence-electron chi connectivity index (χ2n) is 4.15. The third kappa shape index (κ3) is 3.86. The summed E-state index contributed by atoms with van der Waals surface area (Å²) in [4.78, 5) is 11.2. The molecule has 2 aromatic rings. The zero-order chi connectivity index (χ0) is 13.8. The summed E-state index contributed by atoms with van der Waals surface area (Å²) < 4.78 is 1.05. The Hall–Kier alpha value is -1.24. The molecular weight excluding hydrogens is 328 g/mol. The molecule has 1 aromatic heterocycles. The largest absolute Gasteiger partial charge is 0.324 e. The number of hydrogen-bond donors (Lipinski definition) is 1. The van der Waals surface area contributed by atoms with Gasteiger partial charge in [0, 0.05) is 28.0 Å². The number of rotatable bonds is 5. The van der Waals surface area contributed by atoms with Crippen molar-refractivity contribution in [1.29, 1.82) is 0 Å². The molecule has 0 spiro atoms. The van der Waals surface area contributed by atoms with Crippen molar-refractivity contribution >= 4 is 32.3 Å². The number of hydrogen-bond acceptors (Lipinski definition) is 4. The van der Waals surface area contributed by atoms with Crippen LogP contribution in [0, 0.1) is 10.1 Å². The second kappa shape index (κ2) is 6.27. The maximum absolute atomic E-state index is 10.6. The molecule has 2 rings (SSSR count). The van der Waals surface area contributed by atoms with Crippen LogP contribution in [-0.4, -0.2) is 4.92 Å². The maximum atomic E-state index is 10.6. The van der Waals surface area contributed by atoms with Gasteiger partial charge in [0.05, 0.1) is 4.92 Å². The maximum Gasteiger partial charge on any atom is 0.324 e. The summed E-state index contributed by atoms with van der Waals surface area (Å²) in [5, 5.41) is 14.1. The van der Waals surface area contributed by atoms with Crippen LogP contribution in [0.15, 0.2) is 40.9 Å². The molecule has 0 aliphatic rings. The molecule has 1 unspecified atom stereocenters. The molecule has 0 amide bonds. The fourth-order valence-corrected chi connectivity index (χ4v) is 2.72. The number of nitrogens with one attached hydrogen (secondary N) is 1. The fraction of sp³-hybridized carbons (Fsp3) is 0.231. The van der Waals surface area contributed by atoms with Gasteiger partial charge in [-0.3, -0.25) is 10.1 Å². The van der Waals surface area contributed by atoms with E-state index in [-0.39, 0.29) is 16.0 Å². The van der Waals surface area contributed by atoms with Crippen LogP contribution < -0.4 is 5.32 Å². The molecule has 4 nitrogen and oxygen atoms in total. The Balaban J connectivity index is 1.94. The molecule has 0 radical (unpaired) electrons. The van der Waals surface area contributed by atoms with Crippen molar-refractivity contribution in [2.75, 3.05) is 0 Å². The van der Waals surface area contributed by atoms with Crippen molar-refractivity contribution < 1.29 is 4.92 Å². The second-order valence-corrected chi connectivity index (χ2v) is 6.21. The summed E-state index contributed by atoms with van der Waals surface area (Å²) in [7, 11) is 0. The van der Waals surface area contributed by atoms with E-state index in [1.165, 1.54) is 16.9 Å². The minimum absolute atomic E-state index is 0.188. The first-order valence-corrected chi connectivity index (χ1v) is 7.39. The predicted molar refractivity (Wildman–Crippen MR) is 80.4 cm³/mol. The normalized spacial score (nSPS) is 12.3. The van der Waals surface area contributed by atoms with Crippen LogP contribution in [0.1, 0.15) is 23.4 Å². The number of nitro groups is 1. The Morgan fingerprint density at radius 3 is 2.58 bits per heavy atom. The summed E-state index contributed by atoms with van der Waals surface area (Å²) in [6, 6.07) is 11.7. The molecule has 6 heteroatoms. The zero-order valence-electron chi connectivity index (χ0n) is 10.3. The van der Waals surface area contributed by atoms with Crippen LogP contribution in [0.2, 0.25) is 0 Å². The third-order valence-corrected chi connectivity index (χ3v) is 4.35. The van der Waals surface area contributed by atoms with Crippen LogP contribution in [0.5, 0.6) is 0 Å². The molecule has 1 N–H and O–H groups in total. The van der Waals surface area contributed by atoms with E-state index in [0.717, 1.165) is 9.35 Å². The molecule has 1 heterocycles. The van der Waals surface area contributed by atoms with Gasteiger partial charge in [0.25, 0.3) is 0 Å². The minimum atomic E-state index is -0.355. The van der Waals surface area contributed by atoms with Crippen LogP contribution in [0.3, 0.4) is 0 Å². The summed E-state index contributed by atoms with van der Waals surface area (Å²) in [6.45, 7) is 2.71. The molecule has 0 fully saturated rings. The van der Waals surface area contributed by atoms with Gasteiger partial charge in [-0.1, -0.05) is 39.4 Å². The monoisotopic (exact) mass is 340 g/mol. The van der Waals surface area contributed by atoms with Crippen molar-refractivity contribution in [3.8, 4) is 0 Å². The van der Waals surface area contributed by atoms with Gasteiger partial charge in [0.2, 0.25) is 0 Å². The number of thiophene rings is 1. The summed E-state index contributed by atoms with van der Waals surface area (Å²) >= 11 is 4.62. The van der Waals surface area contributed by atoms with Gasteiger partial charge < -0.3 is 5.32 Å². The van der Waals surface area contributed by atoms with E-state index >= 15 is 0 Å². The molecule has 0 aliphatic carbocycles.